The van der Waals surface area contributed by atoms with E-state index < -0.39 is 12.0 Å². The summed E-state index contributed by atoms with van der Waals surface area (Å²) >= 11 is 0. The van der Waals surface area contributed by atoms with Crippen molar-refractivity contribution in [1.82, 2.24) is 5.32 Å². The van der Waals surface area contributed by atoms with Gasteiger partial charge in [-0.1, -0.05) is 27.7 Å². The quantitative estimate of drug-likeness (QED) is 0.618. The number of carboxylic acid groups (broad SMARTS) is 1. The van der Waals surface area contributed by atoms with E-state index in [1.807, 2.05) is 27.7 Å². The predicted octanol–water partition coefficient (Wildman–Crippen LogP) is 0.833. The van der Waals surface area contributed by atoms with E-state index in [0.29, 0.717) is 6.42 Å². The van der Waals surface area contributed by atoms with Gasteiger partial charge in [0.15, 0.2) is 0 Å². The molecule has 5 nitrogen and oxygen atoms in total. The van der Waals surface area contributed by atoms with Gasteiger partial charge in [-0.25, -0.2) is 4.79 Å². The van der Waals surface area contributed by atoms with Crippen LogP contribution in [0.5, 0.6) is 0 Å². The minimum Gasteiger partial charge on any atom is -0.480 e. The molecule has 0 aliphatic heterocycles. The summed E-state index contributed by atoms with van der Waals surface area (Å²) in [6, 6.07) is -0.824. The summed E-state index contributed by atoms with van der Waals surface area (Å²) in [5, 5.41) is 11.6. The van der Waals surface area contributed by atoms with Crippen LogP contribution in [0.25, 0.3) is 0 Å². The van der Waals surface area contributed by atoms with Gasteiger partial charge in [0.25, 0.3) is 0 Å². The van der Waals surface area contributed by atoms with Gasteiger partial charge in [-0.3, -0.25) is 4.79 Å². The highest BCUT2D eigenvalue weighted by atomic mass is 16.4. The van der Waals surface area contributed by atoms with Crippen LogP contribution in [0, 0.1) is 17.8 Å². The first-order valence-electron chi connectivity index (χ1n) is 6.02. The Morgan fingerprint density at radius 1 is 1.24 bits per heavy atom. The molecule has 0 rings (SSSR count). The maximum atomic E-state index is 11.9. The number of nitrogens with two attached hydrogens (primary N) is 1. The molecule has 0 heterocycles. The Bertz CT molecular complexity index is 264. The van der Waals surface area contributed by atoms with Crippen molar-refractivity contribution in [2.75, 3.05) is 6.54 Å². The number of rotatable bonds is 7. The van der Waals surface area contributed by atoms with Gasteiger partial charge in [0.05, 0.1) is 5.92 Å². The molecule has 0 fully saturated rings. The average Bonchev–Trinajstić information content (AvgIpc) is 2.15. The second-order valence-corrected chi connectivity index (χ2v) is 5.12. The van der Waals surface area contributed by atoms with Crippen molar-refractivity contribution in [1.29, 1.82) is 0 Å². The number of nitrogens with one attached hydrogen (secondary N) is 1. The average molecular weight is 244 g/mol. The largest absolute Gasteiger partial charge is 0.480 e. The Kier molecular flexibility index (Phi) is 6.80. The first kappa shape index (κ1) is 15.9. The fourth-order valence-corrected chi connectivity index (χ4v) is 1.65. The van der Waals surface area contributed by atoms with Crippen LogP contribution < -0.4 is 11.1 Å². The van der Waals surface area contributed by atoms with Crippen molar-refractivity contribution in [3.05, 3.63) is 0 Å². The number of amides is 1. The van der Waals surface area contributed by atoms with E-state index in [1.165, 1.54) is 0 Å². The molecule has 0 aliphatic rings. The minimum absolute atomic E-state index is 0.105. The van der Waals surface area contributed by atoms with Crippen LogP contribution in [-0.4, -0.2) is 29.6 Å². The summed E-state index contributed by atoms with van der Waals surface area (Å²) in [5.41, 5.74) is 5.52. The zero-order valence-corrected chi connectivity index (χ0v) is 11.1. The predicted molar refractivity (Wildman–Crippen MR) is 66.4 cm³/mol. The fourth-order valence-electron chi connectivity index (χ4n) is 1.65. The van der Waals surface area contributed by atoms with Crippen molar-refractivity contribution >= 4 is 11.9 Å². The summed E-state index contributed by atoms with van der Waals surface area (Å²) in [6.45, 7) is 7.87. The van der Waals surface area contributed by atoms with Crippen LogP contribution in [0.2, 0.25) is 0 Å². The van der Waals surface area contributed by atoms with Crippen LogP contribution in [0.15, 0.2) is 0 Å². The molecular weight excluding hydrogens is 220 g/mol. The molecule has 0 aliphatic carbocycles. The summed E-state index contributed by atoms with van der Waals surface area (Å²) in [4.78, 5) is 22.9. The lowest BCUT2D eigenvalue weighted by Gasteiger charge is -2.22. The summed E-state index contributed by atoms with van der Waals surface area (Å²) < 4.78 is 0. The normalized spacial score (nSPS) is 14.8. The van der Waals surface area contributed by atoms with Gasteiger partial charge in [-0.2, -0.15) is 0 Å². The number of carbonyl (C=O) groups excluding carboxylic acids is 1. The SMILES string of the molecule is CC(C)C[C@H](NC(=O)C(CN)C(C)C)C(=O)O. The van der Waals surface area contributed by atoms with E-state index in [9.17, 15) is 9.59 Å². The van der Waals surface area contributed by atoms with Crippen LogP contribution in [0.3, 0.4) is 0 Å². The van der Waals surface area contributed by atoms with Crippen molar-refractivity contribution in [2.24, 2.45) is 23.5 Å². The molecule has 100 valence electrons. The van der Waals surface area contributed by atoms with E-state index in [2.05, 4.69) is 5.32 Å². The molecule has 1 unspecified atom stereocenters. The molecule has 0 spiro atoms. The molecule has 0 aromatic heterocycles. The molecule has 0 aromatic rings. The first-order valence-corrected chi connectivity index (χ1v) is 6.02. The third-order valence-electron chi connectivity index (χ3n) is 2.72. The molecule has 0 saturated carbocycles. The number of carbonyl (C=O) groups is 2. The second kappa shape index (κ2) is 7.27. The Morgan fingerprint density at radius 2 is 1.76 bits per heavy atom. The Labute approximate surface area is 103 Å². The lowest BCUT2D eigenvalue weighted by Crippen LogP contribution is -2.47. The van der Waals surface area contributed by atoms with Gasteiger partial charge in [-0.05, 0) is 18.3 Å². The number of carboxylic acids is 1. The number of hydrogen-bond acceptors (Lipinski definition) is 3. The van der Waals surface area contributed by atoms with Crippen LogP contribution >= 0.6 is 0 Å². The lowest BCUT2D eigenvalue weighted by molar-refractivity contribution is -0.143. The zero-order chi connectivity index (χ0) is 13.6. The van der Waals surface area contributed by atoms with Gasteiger partial charge < -0.3 is 16.2 Å². The molecule has 0 bridgehead atoms. The summed E-state index contributed by atoms with van der Waals surface area (Å²) in [5.74, 6) is -1.27. The molecule has 4 N–H and O–H groups in total. The van der Waals surface area contributed by atoms with Gasteiger partial charge in [0, 0.05) is 6.54 Å². The maximum absolute atomic E-state index is 11.9. The summed E-state index contributed by atoms with van der Waals surface area (Å²) in [6.07, 6.45) is 0.427. The van der Waals surface area contributed by atoms with E-state index in [-0.39, 0.29) is 30.2 Å². The topological polar surface area (TPSA) is 92.4 Å². The van der Waals surface area contributed by atoms with Gasteiger partial charge >= 0.3 is 5.97 Å². The van der Waals surface area contributed by atoms with E-state index in [1.54, 1.807) is 0 Å². The Balaban J connectivity index is 4.54. The Morgan fingerprint density at radius 3 is 2.06 bits per heavy atom. The highest BCUT2D eigenvalue weighted by Crippen LogP contribution is 2.11. The lowest BCUT2D eigenvalue weighted by atomic mass is 9.94. The second-order valence-electron chi connectivity index (χ2n) is 5.12. The molecule has 2 atom stereocenters. The molecule has 0 radical (unpaired) electrons. The van der Waals surface area contributed by atoms with E-state index >= 15 is 0 Å². The number of hydrogen-bond donors (Lipinski definition) is 3. The molecule has 0 aromatic carbocycles. The van der Waals surface area contributed by atoms with Gasteiger partial charge in [0.1, 0.15) is 6.04 Å². The van der Waals surface area contributed by atoms with Crippen LogP contribution in [0.4, 0.5) is 0 Å². The van der Waals surface area contributed by atoms with Crippen molar-refractivity contribution in [2.45, 2.75) is 40.2 Å². The van der Waals surface area contributed by atoms with E-state index in [0.717, 1.165) is 0 Å². The highest BCUT2D eigenvalue weighted by Gasteiger charge is 2.26. The smallest absolute Gasteiger partial charge is 0.326 e. The van der Waals surface area contributed by atoms with Crippen molar-refractivity contribution in [3.63, 3.8) is 0 Å². The molecule has 1 amide bonds. The van der Waals surface area contributed by atoms with Crippen LogP contribution in [-0.2, 0) is 9.59 Å². The van der Waals surface area contributed by atoms with Crippen molar-refractivity contribution < 1.29 is 14.7 Å². The minimum atomic E-state index is -0.994. The van der Waals surface area contributed by atoms with Gasteiger partial charge in [0.2, 0.25) is 5.91 Å². The number of aliphatic carboxylic acids is 1. The monoisotopic (exact) mass is 244 g/mol. The standard InChI is InChI=1S/C12H24N2O3/c1-7(2)5-10(12(16)17)14-11(15)9(6-13)8(3)4/h7-10H,5-6,13H2,1-4H3,(H,14,15)(H,16,17)/t9?,10-/m0/s1. The molecule has 17 heavy (non-hydrogen) atoms. The molecular formula is C12H24N2O3. The van der Waals surface area contributed by atoms with Gasteiger partial charge in [-0.15, -0.1) is 0 Å². The maximum Gasteiger partial charge on any atom is 0.326 e. The highest BCUT2D eigenvalue weighted by molar-refractivity contribution is 5.85. The Hall–Kier alpha value is -1.10. The third-order valence-corrected chi connectivity index (χ3v) is 2.72. The zero-order valence-electron chi connectivity index (χ0n) is 11.1. The first-order chi connectivity index (χ1) is 7.79. The van der Waals surface area contributed by atoms with Crippen molar-refractivity contribution in [3.8, 4) is 0 Å². The third kappa shape index (κ3) is 5.68. The van der Waals surface area contributed by atoms with Crippen LogP contribution in [0.1, 0.15) is 34.1 Å². The van der Waals surface area contributed by atoms with E-state index in [4.69, 9.17) is 10.8 Å². The summed E-state index contributed by atoms with van der Waals surface area (Å²) in [7, 11) is 0. The molecule has 0 saturated heterocycles. The molecule has 5 heteroatoms. The fraction of sp³-hybridized carbons (Fsp3) is 0.833.